The molecule has 5 nitrogen and oxygen atoms in total. The second-order valence-corrected chi connectivity index (χ2v) is 6.67. The van der Waals surface area contributed by atoms with E-state index >= 15 is 0 Å². The minimum atomic E-state index is -0.611. The summed E-state index contributed by atoms with van der Waals surface area (Å²) in [4.78, 5) is 26.2. The third-order valence-corrected chi connectivity index (χ3v) is 3.59. The lowest BCUT2D eigenvalue weighted by Gasteiger charge is -2.28. The first-order chi connectivity index (χ1) is 10.8. The summed E-state index contributed by atoms with van der Waals surface area (Å²) >= 11 is 0. The maximum Gasteiger partial charge on any atom is 0.408 e. The number of rotatable bonds is 2. The molecule has 1 aromatic rings. The maximum absolute atomic E-state index is 12.6. The first-order valence-electron chi connectivity index (χ1n) is 7.76. The molecule has 1 N–H and O–H groups in total. The van der Waals surface area contributed by atoms with Crippen LogP contribution in [0.5, 0.6) is 0 Å². The summed E-state index contributed by atoms with van der Waals surface area (Å²) in [5.74, 6) is -0.130. The molecule has 2 atom stereocenters. The normalized spacial score (nSPS) is 21.7. The lowest BCUT2D eigenvalue weighted by Crippen LogP contribution is -2.48. The standard InChI is InChI=1S/C18H24N2O3/c1-18(2,3)23-17(22)19-14-11-8-12-15(20(4)16(14)21)13-9-6-5-7-10-13/h5-10,12,14-15H,11H2,1-4H3,(H,19,22)/t14-,15+/m0/s1. The van der Waals surface area contributed by atoms with E-state index in [9.17, 15) is 9.59 Å². The van der Waals surface area contributed by atoms with Crippen molar-refractivity contribution < 1.29 is 14.3 Å². The first-order valence-corrected chi connectivity index (χ1v) is 7.76. The second-order valence-electron chi connectivity index (χ2n) is 6.67. The van der Waals surface area contributed by atoms with Gasteiger partial charge in [-0.2, -0.15) is 0 Å². The van der Waals surface area contributed by atoms with Gasteiger partial charge in [0.2, 0.25) is 5.91 Å². The number of amides is 2. The summed E-state index contributed by atoms with van der Waals surface area (Å²) < 4.78 is 5.23. The molecule has 5 heteroatoms. The highest BCUT2D eigenvalue weighted by atomic mass is 16.6. The van der Waals surface area contributed by atoms with E-state index in [1.54, 1.807) is 32.7 Å². The molecule has 0 aliphatic carbocycles. The van der Waals surface area contributed by atoms with Crippen LogP contribution in [0.2, 0.25) is 0 Å². The van der Waals surface area contributed by atoms with Gasteiger partial charge in [0.25, 0.3) is 0 Å². The summed E-state index contributed by atoms with van der Waals surface area (Å²) in [5, 5.41) is 2.66. The van der Waals surface area contributed by atoms with E-state index in [4.69, 9.17) is 4.74 Å². The second kappa shape index (κ2) is 6.86. The van der Waals surface area contributed by atoms with E-state index in [1.807, 2.05) is 42.5 Å². The SMILES string of the molecule is CN1C(=O)[C@@H](NC(=O)OC(C)(C)C)CC=C[C@@H]1c1ccccc1. The molecule has 1 heterocycles. The zero-order valence-corrected chi connectivity index (χ0v) is 14.1. The van der Waals surface area contributed by atoms with Crippen LogP contribution in [0.4, 0.5) is 4.79 Å². The van der Waals surface area contributed by atoms with E-state index in [0.717, 1.165) is 5.56 Å². The molecule has 0 spiro atoms. The van der Waals surface area contributed by atoms with E-state index in [2.05, 4.69) is 5.32 Å². The maximum atomic E-state index is 12.6. The Morgan fingerprint density at radius 1 is 1.26 bits per heavy atom. The van der Waals surface area contributed by atoms with E-state index in [1.165, 1.54) is 0 Å². The summed E-state index contributed by atoms with van der Waals surface area (Å²) in [6.07, 6.45) is 3.80. The minimum Gasteiger partial charge on any atom is -0.444 e. The average molecular weight is 316 g/mol. The van der Waals surface area contributed by atoms with E-state index < -0.39 is 17.7 Å². The van der Waals surface area contributed by atoms with Crippen molar-refractivity contribution >= 4 is 12.0 Å². The zero-order valence-electron chi connectivity index (χ0n) is 14.1. The number of carbonyl (C=O) groups is 2. The molecule has 0 bridgehead atoms. The number of likely N-dealkylation sites (N-methyl/N-ethyl adjacent to an activating group) is 1. The monoisotopic (exact) mass is 316 g/mol. The quantitative estimate of drug-likeness (QED) is 0.853. The lowest BCUT2D eigenvalue weighted by atomic mass is 10.1. The van der Waals surface area contributed by atoms with Crippen molar-refractivity contribution in [3.63, 3.8) is 0 Å². The molecule has 2 amide bonds. The topological polar surface area (TPSA) is 58.6 Å². The van der Waals surface area contributed by atoms with Gasteiger partial charge in [0, 0.05) is 7.05 Å². The van der Waals surface area contributed by atoms with Crippen molar-refractivity contribution in [1.29, 1.82) is 0 Å². The molecule has 23 heavy (non-hydrogen) atoms. The van der Waals surface area contributed by atoms with Gasteiger partial charge in [-0.15, -0.1) is 0 Å². The van der Waals surface area contributed by atoms with Crippen LogP contribution in [-0.2, 0) is 9.53 Å². The number of hydrogen-bond acceptors (Lipinski definition) is 3. The lowest BCUT2D eigenvalue weighted by molar-refractivity contribution is -0.133. The number of nitrogens with one attached hydrogen (secondary N) is 1. The van der Waals surface area contributed by atoms with Crippen LogP contribution in [0.1, 0.15) is 38.8 Å². The smallest absolute Gasteiger partial charge is 0.408 e. The molecule has 0 aromatic heterocycles. The molecule has 0 fully saturated rings. The van der Waals surface area contributed by atoms with E-state index in [-0.39, 0.29) is 11.9 Å². The van der Waals surface area contributed by atoms with Crippen molar-refractivity contribution in [2.45, 2.75) is 44.9 Å². The Hall–Kier alpha value is -2.30. The first kappa shape index (κ1) is 17.1. The summed E-state index contributed by atoms with van der Waals surface area (Å²) in [7, 11) is 1.75. The number of hydrogen-bond donors (Lipinski definition) is 1. The average Bonchev–Trinajstić information content (AvgIpc) is 2.60. The number of carbonyl (C=O) groups excluding carboxylic acids is 2. The fourth-order valence-corrected chi connectivity index (χ4v) is 2.51. The molecular weight excluding hydrogens is 292 g/mol. The van der Waals surface area contributed by atoms with Gasteiger partial charge < -0.3 is 15.0 Å². The third kappa shape index (κ3) is 4.58. The summed E-state index contributed by atoms with van der Waals surface area (Å²) in [6.45, 7) is 5.37. The van der Waals surface area contributed by atoms with Crippen molar-refractivity contribution in [2.75, 3.05) is 7.05 Å². The molecule has 124 valence electrons. The Bertz CT molecular complexity index is 590. The highest BCUT2D eigenvalue weighted by molar-refractivity contribution is 5.86. The van der Waals surface area contributed by atoms with Gasteiger partial charge in [-0.3, -0.25) is 4.79 Å². The molecule has 1 aliphatic rings. The van der Waals surface area contributed by atoms with Crippen LogP contribution in [0.3, 0.4) is 0 Å². The van der Waals surface area contributed by atoms with Crippen LogP contribution in [0, 0.1) is 0 Å². The fourth-order valence-electron chi connectivity index (χ4n) is 2.51. The van der Waals surface area contributed by atoms with Gasteiger partial charge in [0.05, 0.1) is 6.04 Å². The van der Waals surface area contributed by atoms with Gasteiger partial charge in [-0.1, -0.05) is 42.5 Å². The molecule has 0 unspecified atom stereocenters. The Labute approximate surface area is 137 Å². The predicted molar refractivity (Wildman–Crippen MR) is 88.9 cm³/mol. The Morgan fingerprint density at radius 3 is 2.52 bits per heavy atom. The van der Waals surface area contributed by atoms with Crippen LogP contribution < -0.4 is 5.32 Å². The van der Waals surface area contributed by atoms with Gasteiger partial charge >= 0.3 is 6.09 Å². The molecule has 1 aromatic carbocycles. The van der Waals surface area contributed by atoms with Gasteiger partial charge in [0.1, 0.15) is 11.6 Å². The minimum absolute atomic E-state index is 0.130. The zero-order chi connectivity index (χ0) is 17.0. The van der Waals surface area contributed by atoms with Crippen LogP contribution >= 0.6 is 0 Å². The van der Waals surface area contributed by atoms with Gasteiger partial charge in [-0.25, -0.2) is 4.79 Å². The van der Waals surface area contributed by atoms with Crippen LogP contribution in [0.25, 0.3) is 0 Å². The highest BCUT2D eigenvalue weighted by Crippen LogP contribution is 2.24. The Balaban J connectivity index is 2.09. The predicted octanol–water partition coefficient (Wildman–Crippen LogP) is 3.04. The summed E-state index contributed by atoms with van der Waals surface area (Å²) in [5.41, 5.74) is 0.448. The number of ether oxygens (including phenoxy) is 1. The molecule has 0 saturated heterocycles. The fraction of sp³-hybridized carbons (Fsp3) is 0.444. The Morgan fingerprint density at radius 2 is 1.91 bits per heavy atom. The molecule has 1 aliphatic heterocycles. The Kier molecular flexibility index (Phi) is 5.08. The molecule has 2 rings (SSSR count). The summed E-state index contributed by atoms with van der Waals surface area (Å²) in [6, 6.07) is 9.07. The molecule has 0 radical (unpaired) electrons. The third-order valence-electron chi connectivity index (χ3n) is 3.59. The van der Waals surface area contributed by atoms with Gasteiger partial charge in [-0.05, 0) is 32.8 Å². The number of benzene rings is 1. The van der Waals surface area contributed by atoms with Crippen molar-refractivity contribution in [1.82, 2.24) is 10.2 Å². The van der Waals surface area contributed by atoms with Crippen molar-refractivity contribution in [3.05, 3.63) is 48.0 Å². The number of alkyl carbamates (subject to hydrolysis) is 1. The van der Waals surface area contributed by atoms with Crippen molar-refractivity contribution in [3.8, 4) is 0 Å². The van der Waals surface area contributed by atoms with Crippen LogP contribution in [0.15, 0.2) is 42.5 Å². The van der Waals surface area contributed by atoms with Gasteiger partial charge in [0.15, 0.2) is 0 Å². The number of nitrogens with zero attached hydrogens (tertiary/aromatic N) is 1. The van der Waals surface area contributed by atoms with E-state index in [0.29, 0.717) is 6.42 Å². The highest BCUT2D eigenvalue weighted by Gasteiger charge is 2.30. The largest absolute Gasteiger partial charge is 0.444 e. The molecule has 0 saturated carbocycles. The van der Waals surface area contributed by atoms with Crippen molar-refractivity contribution in [2.24, 2.45) is 0 Å². The molecular formula is C18H24N2O3. The van der Waals surface area contributed by atoms with Crippen LogP contribution in [-0.4, -0.2) is 35.6 Å².